The average molecular weight is 300 g/mol. The van der Waals surface area contributed by atoms with E-state index in [9.17, 15) is 8.42 Å². The predicted molar refractivity (Wildman–Crippen MR) is 75.9 cm³/mol. The average Bonchev–Trinajstić information content (AvgIpc) is 2.45. The van der Waals surface area contributed by atoms with Gasteiger partial charge in [-0.25, -0.2) is 18.5 Å². The van der Waals surface area contributed by atoms with E-state index < -0.39 is 10.0 Å². The molecule has 0 saturated carbocycles. The fourth-order valence-corrected chi connectivity index (χ4v) is 2.67. The standard InChI is InChI=1S/C12H20N4O3S/c13-5-8-19-10-3-6-16(7-4-10)12-2-1-11(9-15-12)20(14,17)18/h1-2,9-10H,3-8,13H2,(H2,14,17,18). The molecule has 1 aromatic rings. The largest absolute Gasteiger partial charge is 0.377 e. The number of hydrogen-bond acceptors (Lipinski definition) is 6. The van der Waals surface area contributed by atoms with Crippen LogP contribution in [0.3, 0.4) is 0 Å². The Balaban J connectivity index is 1.94. The molecule has 8 heteroatoms. The van der Waals surface area contributed by atoms with Crippen molar-refractivity contribution in [2.75, 3.05) is 31.1 Å². The molecule has 20 heavy (non-hydrogen) atoms. The summed E-state index contributed by atoms with van der Waals surface area (Å²) in [7, 11) is -3.68. The van der Waals surface area contributed by atoms with E-state index in [0.29, 0.717) is 13.2 Å². The molecule has 112 valence electrons. The van der Waals surface area contributed by atoms with E-state index in [0.717, 1.165) is 31.7 Å². The number of hydrogen-bond donors (Lipinski definition) is 2. The van der Waals surface area contributed by atoms with Crippen molar-refractivity contribution in [3.8, 4) is 0 Å². The fraction of sp³-hybridized carbons (Fsp3) is 0.583. The zero-order valence-corrected chi connectivity index (χ0v) is 12.1. The normalized spacial score (nSPS) is 17.4. The van der Waals surface area contributed by atoms with Crippen molar-refractivity contribution >= 4 is 15.8 Å². The maximum absolute atomic E-state index is 11.2. The summed E-state index contributed by atoms with van der Waals surface area (Å²) in [6.07, 6.45) is 3.37. The number of primary sulfonamides is 1. The third-order valence-corrected chi connectivity index (χ3v) is 4.19. The highest BCUT2D eigenvalue weighted by Gasteiger charge is 2.20. The van der Waals surface area contributed by atoms with Crippen LogP contribution in [0.5, 0.6) is 0 Å². The lowest BCUT2D eigenvalue weighted by molar-refractivity contribution is 0.0421. The molecule has 2 heterocycles. The highest BCUT2D eigenvalue weighted by Crippen LogP contribution is 2.20. The molecule has 0 radical (unpaired) electrons. The van der Waals surface area contributed by atoms with Gasteiger partial charge >= 0.3 is 0 Å². The Kier molecular flexibility index (Phi) is 4.92. The Morgan fingerprint density at radius 1 is 1.35 bits per heavy atom. The second-order valence-electron chi connectivity index (χ2n) is 4.74. The van der Waals surface area contributed by atoms with Gasteiger partial charge in [0.15, 0.2) is 0 Å². The van der Waals surface area contributed by atoms with E-state index in [4.69, 9.17) is 15.6 Å². The number of aromatic nitrogens is 1. The van der Waals surface area contributed by atoms with Gasteiger partial charge in [0.25, 0.3) is 0 Å². The van der Waals surface area contributed by atoms with Gasteiger partial charge in [-0.1, -0.05) is 0 Å². The van der Waals surface area contributed by atoms with Crippen molar-refractivity contribution in [3.63, 3.8) is 0 Å². The van der Waals surface area contributed by atoms with Gasteiger partial charge < -0.3 is 15.4 Å². The molecule has 0 aliphatic carbocycles. The lowest BCUT2D eigenvalue weighted by Crippen LogP contribution is -2.38. The maximum Gasteiger partial charge on any atom is 0.239 e. The Morgan fingerprint density at radius 2 is 2.05 bits per heavy atom. The molecule has 1 fully saturated rings. The van der Waals surface area contributed by atoms with Gasteiger partial charge in [0.05, 0.1) is 12.7 Å². The number of nitrogens with two attached hydrogens (primary N) is 2. The van der Waals surface area contributed by atoms with Crippen molar-refractivity contribution in [1.82, 2.24) is 4.98 Å². The quantitative estimate of drug-likeness (QED) is 0.770. The number of piperidine rings is 1. The number of sulfonamides is 1. The van der Waals surface area contributed by atoms with Gasteiger partial charge in [0.1, 0.15) is 10.7 Å². The first-order chi connectivity index (χ1) is 9.50. The SMILES string of the molecule is NCCOC1CCN(c2ccc(S(N)(=O)=O)cn2)CC1. The highest BCUT2D eigenvalue weighted by molar-refractivity contribution is 7.89. The van der Waals surface area contributed by atoms with Crippen LogP contribution in [-0.2, 0) is 14.8 Å². The van der Waals surface area contributed by atoms with E-state index in [1.165, 1.54) is 12.3 Å². The molecule has 1 aliphatic rings. The number of pyridine rings is 1. The Morgan fingerprint density at radius 3 is 2.55 bits per heavy atom. The summed E-state index contributed by atoms with van der Waals surface area (Å²) < 4.78 is 27.9. The minimum atomic E-state index is -3.68. The number of ether oxygens (including phenoxy) is 1. The third kappa shape index (κ3) is 3.89. The number of anilines is 1. The lowest BCUT2D eigenvalue weighted by atomic mass is 10.1. The van der Waals surface area contributed by atoms with Gasteiger partial charge in [0, 0.05) is 25.8 Å². The second-order valence-corrected chi connectivity index (χ2v) is 6.30. The Hall–Kier alpha value is -1.22. The smallest absolute Gasteiger partial charge is 0.239 e. The van der Waals surface area contributed by atoms with Crippen LogP contribution in [0.25, 0.3) is 0 Å². The first-order valence-corrected chi connectivity index (χ1v) is 8.11. The summed E-state index contributed by atoms with van der Waals surface area (Å²) >= 11 is 0. The topological polar surface area (TPSA) is 112 Å². The minimum absolute atomic E-state index is 0.0300. The number of rotatable bonds is 5. The van der Waals surface area contributed by atoms with Crippen LogP contribution in [0.1, 0.15) is 12.8 Å². The third-order valence-electron chi connectivity index (χ3n) is 3.29. The van der Waals surface area contributed by atoms with Gasteiger partial charge in [-0.15, -0.1) is 0 Å². The van der Waals surface area contributed by atoms with Gasteiger partial charge in [-0.05, 0) is 25.0 Å². The summed E-state index contributed by atoms with van der Waals surface area (Å²) in [6, 6.07) is 3.16. The van der Waals surface area contributed by atoms with Gasteiger partial charge in [0.2, 0.25) is 10.0 Å². The molecule has 7 nitrogen and oxygen atoms in total. The molecule has 0 atom stereocenters. The Bertz CT molecular complexity index is 524. The monoisotopic (exact) mass is 300 g/mol. The summed E-state index contributed by atoms with van der Waals surface area (Å²) in [4.78, 5) is 6.30. The van der Waals surface area contributed by atoms with Crippen LogP contribution in [0.15, 0.2) is 23.2 Å². The van der Waals surface area contributed by atoms with Crippen molar-refractivity contribution in [1.29, 1.82) is 0 Å². The van der Waals surface area contributed by atoms with Crippen molar-refractivity contribution < 1.29 is 13.2 Å². The van der Waals surface area contributed by atoms with Crippen molar-refractivity contribution in [2.45, 2.75) is 23.8 Å². The molecule has 0 aromatic carbocycles. The summed E-state index contributed by atoms with van der Waals surface area (Å²) in [6.45, 7) is 2.79. The summed E-state index contributed by atoms with van der Waals surface area (Å²) in [5, 5.41) is 5.04. The van der Waals surface area contributed by atoms with Crippen molar-refractivity contribution in [2.24, 2.45) is 10.9 Å². The van der Waals surface area contributed by atoms with Gasteiger partial charge in [-0.3, -0.25) is 0 Å². The molecule has 4 N–H and O–H groups in total. The Labute approximate surface area is 119 Å². The summed E-state index contributed by atoms with van der Waals surface area (Å²) in [5.74, 6) is 0.759. The zero-order valence-electron chi connectivity index (χ0n) is 11.2. The minimum Gasteiger partial charge on any atom is -0.377 e. The first-order valence-electron chi connectivity index (χ1n) is 6.56. The molecule has 1 aliphatic heterocycles. The van der Waals surface area contributed by atoms with Crippen molar-refractivity contribution in [3.05, 3.63) is 18.3 Å². The molecule has 0 bridgehead atoms. The predicted octanol–water partition coefficient (Wildman–Crippen LogP) is -0.327. The lowest BCUT2D eigenvalue weighted by Gasteiger charge is -2.32. The van der Waals surface area contributed by atoms with Gasteiger partial charge in [-0.2, -0.15) is 0 Å². The first kappa shape index (κ1) is 15.2. The number of nitrogens with zero attached hydrogens (tertiary/aromatic N) is 2. The molecule has 2 rings (SSSR count). The second kappa shape index (κ2) is 6.49. The van der Waals surface area contributed by atoms with Crippen LogP contribution in [0, 0.1) is 0 Å². The van der Waals surface area contributed by atoms with E-state index in [1.54, 1.807) is 6.07 Å². The molecule has 1 saturated heterocycles. The highest BCUT2D eigenvalue weighted by atomic mass is 32.2. The molecule has 1 aromatic heterocycles. The molecule has 0 unspecified atom stereocenters. The molecule has 0 amide bonds. The van der Waals surface area contributed by atoms with Crippen LogP contribution >= 0.6 is 0 Å². The van der Waals surface area contributed by atoms with Crippen LogP contribution in [-0.4, -0.2) is 45.7 Å². The fourth-order valence-electron chi connectivity index (χ4n) is 2.21. The molecule has 0 spiro atoms. The van der Waals surface area contributed by atoms with E-state index in [-0.39, 0.29) is 11.0 Å². The molecular formula is C12H20N4O3S. The summed E-state index contributed by atoms with van der Waals surface area (Å²) in [5.41, 5.74) is 5.41. The molecular weight excluding hydrogens is 280 g/mol. The van der Waals surface area contributed by atoms with E-state index in [2.05, 4.69) is 9.88 Å². The van der Waals surface area contributed by atoms with E-state index in [1.807, 2.05) is 0 Å². The zero-order chi connectivity index (χ0) is 14.6. The van der Waals surface area contributed by atoms with Crippen LogP contribution in [0.4, 0.5) is 5.82 Å². The maximum atomic E-state index is 11.2. The van der Waals surface area contributed by atoms with Crippen LogP contribution in [0.2, 0.25) is 0 Å². The van der Waals surface area contributed by atoms with E-state index >= 15 is 0 Å². The van der Waals surface area contributed by atoms with Crippen LogP contribution < -0.4 is 15.8 Å².